The fourth-order valence-corrected chi connectivity index (χ4v) is 5.31. The number of hydrogen-bond donors (Lipinski definition) is 2. The lowest BCUT2D eigenvalue weighted by atomic mass is 10.1. The standard InChI is InChI=1S/C18H27N3O3S.ClH/c22-18(13-16-8-6-10-19-16)20-14-15-7-2-3-9-17(15)25(23,24)21-11-4-1-5-12-21;/h2-3,7,9,16,19H,1,4-6,8,10-14H2,(H,20,22);1H. The summed E-state index contributed by atoms with van der Waals surface area (Å²) in [6.45, 7) is 2.37. The van der Waals surface area contributed by atoms with E-state index in [1.807, 2.05) is 6.07 Å². The van der Waals surface area contributed by atoms with Crippen molar-refractivity contribution in [1.82, 2.24) is 14.9 Å². The van der Waals surface area contributed by atoms with Gasteiger partial charge in [0.05, 0.1) is 4.90 Å². The minimum absolute atomic E-state index is 0. The van der Waals surface area contributed by atoms with Crippen LogP contribution in [0.3, 0.4) is 0 Å². The highest BCUT2D eigenvalue weighted by molar-refractivity contribution is 7.89. The summed E-state index contributed by atoms with van der Waals surface area (Å²) in [6.07, 6.45) is 5.47. The molecule has 1 aromatic carbocycles. The summed E-state index contributed by atoms with van der Waals surface area (Å²) in [6, 6.07) is 7.22. The van der Waals surface area contributed by atoms with E-state index in [-0.39, 0.29) is 30.9 Å². The number of rotatable bonds is 6. The highest BCUT2D eigenvalue weighted by Gasteiger charge is 2.28. The van der Waals surface area contributed by atoms with E-state index < -0.39 is 10.0 Å². The van der Waals surface area contributed by atoms with Crippen LogP contribution in [0.2, 0.25) is 0 Å². The van der Waals surface area contributed by atoms with Gasteiger partial charge in [-0.1, -0.05) is 24.6 Å². The quantitative estimate of drug-likeness (QED) is 0.764. The van der Waals surface area contributed by atoms with Gasteiger partial charge in [-0.15, -0.1) is 12.4 Å². The number of benzene rings is 1. The Morgan fingerprint density at radius 1 is 1.15 bits per heavy atom. The van der Waals surface area contributed by atoms with Crippen LogP contribution in [0.5, 0.6) is 0 Å². The van der Waals surface area contributed by atoms with Crippen LogP contribution in [0.15, 0.2) is 29.2 Å². The van der Waals surface area contributed by atoms with Crippen molar-refractivity contribution in [3.8, 4) is 0 Å². The van der Waals surface area contributed by atoms with Crippen molar-refractivity contribution in [2.45, 2.75) is 56.0 Å². The predicted octanol–water partition coefficient (Wildman–Crippen LogP) is 2.04. The molecule has 26 heavy (non-hydrogen) atoms. The largest absolute Gasteiger partial charge is 0.352 e. The average Bonchev–Trinajstić information content (AvgIpc) is 3.14. The monoisotopic (exact) mass is 401 g/mol. The molecule has 2 aliphatic rings. The topological polar surface area (TPSA) is 78.5 Å². The summed E-state index contributed by atoms with van der Waals surface area (Å²) < 4.78 is 27.4. The van der Waals surface area contributed by atoms with E-state index in [1.165, 1.54) is 0 Å². The second-order valence-electron chi connectivity index (χ2n) is 6.85. The average molecular weight is 402 g/mol. The Hall–Kier alpha value is -1.15. The first-order valence-corrected chi connectivity index (χ1v) is 10.6. The minimum Gasteiger partial charge on any atom is -0.352 e. The Bertz CT molecular complexity index is 699. The molecule has 146 valence electrons. The molecule has 2 aliphatic heterocycles. The van der Waals surface area contributed by atoms with Gasteiger partial charge in [-0.3, -0.25) is 4.79 Å². The van der Waals surface area contributed by atoms with Crippen LogP contribution in [-0.2, 0) is 21.4 Å². The van der Waals surface area contributed by atoms with Gasteiger partial charge in [0.2, 0.25) is 15.9 Å². The zero-order valence-electron chi connectivity index (χ0n) is 14.9. The van der Waals surface area contributed by atoms with Crippen LogP contribution in [0.4, 0.5) is 0 Å². The summed E-state index contributed by atoms with van der Waals surface area (Å²) in [7, 11) is -3.49. The number of halogens is 1. The van der Waals surface area contributed by atoms with Gasteiger partial charge < -0.3 is 10.6 Å². The SMILES string of the molecule is Cl.O=C(CC1CCCN1)NCc1ccccc1S(=O)(=O)N1CCCCC1. The summed E-state index contributed by atoms with van der Waals surface area (Å²) in [5.74, 6) is -0.0374. The molecule has 2 heterocycles. The molecule has 2 fully saturated rings. The normalized spacial score (nSPS) is 21.2. The van der Waals surface area contributed by atoms with Gasteiger partial charge in [0.25, 0.3) is 0 Å². The molecule has 6 nitrogen and oxygen atoms in total. The Balaban J connectivity index is 0.00000243. The van der Waals surface area contributed by atoms with Crippen LogP contribution < -0.4 is 10.6 Å². The number of piperidine rings is 1. The van der Waals surface area contributed by atoms with E-state index in [0.717, 1.165) is 38.6 Å². The molecule has 2 saturated heterocycles. The first kappa shape index (κ1) is 21.2. The number of carbonyl (C=O) groups is 1. The third-order valence-corrected chi connectivity index (χ3v) is 6.97. The van der Waals surface area contributed by atoms with Crippen molar-refractivity contribution < 1.29 is 13.2 Å². The molecule has 1 aromatic rings. The van der Waals surface area contributed by atoms with Crippen LogP contribution in [0.1, 0.15) is 44.1 Å². The molecular weight excluding hydrogens is 374 g/mol. The van der Waals surface area contributed by atoms with Crippen LogP contribution in [0.25, 0.3) is 0 Å². The lowest BCUT2D eigenvalue weighted by Gasteiger charge is -2.26. The first-order chi connectivity index (χ1) is 12.1. The fourth-order valence-electron chi connectivity index (χ4n) is 3.57. The van der Waals surface area contributed by atoms with Gasteiger partial charge in [0, 0.05) is 32.1 Å². The summed E-state index contributed by atoms with van der Waals surface area (Å²) in [5.41, 5.74) is 0.654. The molecule has 8 heteroatoms. The van der Waals surface area contributed by atoms with E-state index >= 15 is 0 Å². The third-order valence-electron chi connectivity index (χ3n) is 4.98. The van der Waals surface area contributed by atoms with Crippen molar-refractivity contribution in [2.75, 3.05) is 19.6 Å². The van der Waals surface area contributed by atoms with Crippen LogP contribution >= 0.6 is 12.4 Å². The van der Waals surface area contributed by atoms with Crippen LogP contribution in [0, 0.1) is 0 Å². The number of amides is 1. The maximum Gasteiger partial charge on any atom is 0.243 e. The molecule has 3 rings (SSSR count). The molecule has 0 radical (unpaired) electrons. The Morgan fingerprint density at radius 2 is 1.88 bits per heavy atom. The highest BCUT2D eigenvalue weighted by atomic mass is 35.5. The van der Waals surface area contributed by atoms with E-state index in [2.05, 4.69) is 10.6 Å². The number of sulfonamides is 1. The van der Waals surface area contributed by atoms with Crippen molar-refractivity contribution in [2.24, 2.45) is 0 Å². The number of nitrogens with zero attached hydrogens (tertiary/aromatic N) is 1. The second-order valence-corrected chi connectivity index (χ2v) is 8.75. The maximum atomic E-state index is 12.9. The molecule has 2 N–H and O–H groups in total. The molecule has 1 amide bonds. The summed E-state index contributed by atoms with van der Waals surface area (Å²) in [4.78, 5) is 12.4. The first-order valence-electron chi connectivity index (χ1n) is 9.15. The highest BCUT2D eigenvalue weighted by Crippen LogP contribution is 2.23. The number of hydrogen-bond acceptors (Lipinski definition) is 4. The van der Waals surface area contributed by atoms with Crippen LogP contribution in [-0.4, -0.2) is 44.3 Å². The van der Waals surface area contributed by atoms with E-state index in [9.17, 15) is 13.2 Å². The molecular formula is C18H28ClN3O3S. The molecule has 0 bridgehead atoms. The third kappa shape index (κ3) is 5.19. The van der Waals surface area contributed by atoms with Gasteiger partial charge in [-0.2, -0.15) is 4.31 Å². The zero-order valence-corrected chi connectivity index (χ0v) is 16.6. The smallest absolute Gasteiger partial charge is 0.243 e. The zero-order chi connectivity index (χ0) is 17.7. The van der Waals surface area contributed by atoms with Gasteiger partial charge in [-0.25, -0.2) is 8.42 Å². The fraction of sp³-hybridized carbons (Fsp3) is 0.611. The van der Waals surface area contributed by atoms with E-state index in [4.69, 9.17) is 0 Å². The van der Waals surface area contributed by atoms with Crippen molar-refractivity contribution in [3.05, 3.63) is 29.8 Å². The summed E-state index contributed by atoms with van der Waals surface area (Å²) >= 11 is 0. The maximum absolute atomic E-state index is 12.9. The van der Waals surface area contributed by atoms with E-state index in [1.54, 1.807) is 22.5 Å². The minimum atomic E-state index is -3.49. The van der Waals surface area contributed by atoms with Gasteiger partial charge in [0.1, 0.15) is 0 Å². The van der Waals surface area contributed by atoms with Crippen molar-refractivity contribution >= 4 is 28.3 Å². The van der Waals surface area contributed by atoms with Gasteiger partial charge in [0.15, 0.2) is 0 Å². The van der Waals surface area contributed by atoms with E-state index in [0.29, 0.717) is 30.0 Å². The van der Waals surface area contributed by atoms with Crippen molar-refractivity contribution in [1.29, 1.82) is 0 Å². The molecule has 0 spiro atoms. The summed E-state index contributed by atoms with van der Waals surface area (Å²) in [5, 5.41) is 6.18. The predicted molar refractivity (Wildman–Crippen MR) is 104 cm³/mol. The second kappa shape index (κ2) is 9.69. The Kier molecular flexibility index (Phi) is 7.88. The molecule has 0 saturated carbocycles. The molecule has 1 unspecified atom stereocenters. The van der Waals surface area contributed by atoms with Gasteiger partial charge in [-0.05, 0) is 43.9 Å². The molecule has 0 aliphatic carbocycles. The molecule has 1 atom stereocenters. The number of nitrogens with one attached hydrogen (secondary N) is 2. The Labute approximate surface area is 162 Å². The van der Waals surface area contributed by atoms with Gasteiger partial charge >= 0.3 is 0 Å². The number of carbonyl (C=O) groups excluding carboxylic acids is 1. The molecule has 0 aromatic heterocycles. The Morgan fingerprint density at radius 3 is 2.58 bits per heavy atom. The lowest BCUT2D eigenvalue weighted by Crippen LogP contribution is -2.36. The lowest BCUT2D eigenvalue weighted by molar-refractivity contribution is -0.121. The van der Waals surface area contributed by atoms with Crippen molar-refractivity contribution in [3.63, 3.8) is 0 Å².